The minimum absolute atomic E-state index is 0.0720. The molecule has 2 atom stereocenters. The van der Waals surface area contributed by atoms with Crippen LogP contribution in [0.3, 0.4) is 0 Å². The molecule has 1 aromatic rings. The molecule has 1 fully saturated rings. The number of thioether (sulfide) groups is 1. The van der Waals surface area contributed by atoms with Gasteiger partial charge in [-0.2, -0.15) is 16.1 Å². The largest absolute Gasteiger partial charge is 0.316 e. The smallest absolute Gasteiger partial charge is 0.243 e. The highest BCUT2D eigenvalue weighted by molar-refractivity contribution is 8.00. The summed E-state index contributed by atoms with van der Waals surface area (Å²) in [6, 6.07) is 3.86. The Hall–Kier alpha value is -0.630. The van der Waals surface area contributed by atoms with E-state index < -0.39 is 15.8 Å². The Morgan fingerprint density at radius 3 is 2.81 bits per heavy atom. The second kappa shape index (κ2) is 6.64. The number of nitrogens with zero attached hydrogens (tertiary/aromatic N) is 1. The Bertz CT molecular complexity index is 607. The van der Waals surface area contributed by atoms with Crippen LogP contribution in [0, 0.1) is 5.82 Å². The summed E-state index contributed by atoms with van der Waals surface area (Å²) in [6.07, 6.45) is 0. The van der Waals surface area contributed by atoms with Crippen molar-refractivity contribution in [2.75, 3.05) is 19.3 Å². The van der Waals surface area contributed by atoms with Crippen LogP contribution in [-0.4, -0.2) is 43.4 Å². The van der Waals surface area contributed by atoms with Crippen molar-refractivity contribution in [3.05, 3.63) is 29.6 Å². The fourth-order valence-corrected chi connectivity index (χ4v) is 5.71. The summed E-state index contributed by atoms with van der Waals surface area (Å²) in [5.74, 6) is 0.238. The van der Waals surface area contributed by atoms with Crippen LogP contribution in [0.1, 0.15) is 19.4 Å². The van der Waals surface area contributed by atoms with E-state index in [-0.39, 0.29) is 16.2 Å². The molecule has 0 radical (unpaired) electrons. The van der Waals surface area contributed by atoms with Gasteiger partial charge in [-0.1, -0.05) is 13.0 Å². The van der Waals surface area contributed by atoms with E-state index in [9.17, 15) is 12.8 Å². The molecule has 1 aliphatic rings. The first-order valence-corrected chi connectivity index (χ1v) is 9.43. The first kappa shape index (κ1) is 16.7. The average Bonchev–Trinajstić information content (AvgIpc) is 2.43. The van der Waals surface area contributed by atoms with Crippen LogP contribution in [0.5, 0.6) is 0 Å². The average molecular weight is 332 g/mol. The Morgan fingerprint density at radius 2 is 2.14 bits per heavy atom. The number of nitrogens with one attached hydrogen (secondary N) is 1. The van der Waals surface area contributed by atoms with Crippen LogP contribution in [0.15, 0.2) is 23.1 Å². The van der Waals surface area contributed by atoms with Crippen LogP contribution < -0.4 is 5.32 Å². The maximum absolute atomic E-state index is 13.6. The molecule has 2 unspecified atom stereocenters. The van der Waals surface area contributed by atoms with Gasteiger partial charge >= 0.3 is 0 Å². The zero-order valence-electron chi connectivity index (χ0n) is 12.5. The molecule has 0 aliphatic carbocycles. The molecule has 0 aromatic heterocycles. The lowest BCUT2D eigenvalue weighted by atomic mass is 10.2. The van der Waals surface area contributed by atoms with E-state index in [0.717, 1.165) is 11.8 Å². The molecule has 118 valence electrons. The van der Waals surface area contributed by atoms with Gasteiger partial charge in [-0.25, -0.2) is 12.8 Å². The van der Waals surface area contributed by atoms with Crippen molar-refractivity contribution in [1.29, 1.82) is 0 Å². The Kier molecular flexibility index (Phi) is 5.29. The van der Waals surface area contributed by atoms with Crippen molar-refractivity contribution >= 4 is 21.8 Å². The third kappa shape index (κ3) is 3.41. The molecule has 0 bridgehead atoms. The zero-order chi connectivity index (χ0) is 15.6. The van der Waals surface area contributed by atoms with Gasteiger partial charge < -0.3 is 5.32 Å². The van der Waals surface area contributed by atoms with Gasteiger partial charge in [0.25, 0.3) is 0 Å². The lowest BCUT2D eigenvalue weighted by molar-refractivity contribution is 0.340. The van der Waals surface area contributed by atoms with Crippen molar-refractivity contribution in [3.8, 4) is 0 Å². The third-order valence-electron chi connectivity index (χ3n) is 3.81. The van der Waals surface area contributed by atoms with E-state index in [2.05, 4.69) is 5.32 Å². The second-order valence-corrected chi connectivity index (χ2v) is 8.56. The number of sulfonamides is 1. The van der Waals surface area contributed by atoms with Crippen LogP contribution in [0.2, 0.25) is 0 Å². The van der Waals surface area contributed by atoms with Crippen molar-refractivity contribution in [2.24, 2.45) is 0 Å². The Morgan fingerprint density at radius 1 is 1.43 bits per heavy atom. The lowest BCUT2D eigenvalue weighted by Crippen LogP contribution is -2.48. The lowest BCUT2D eigenvalue weighted by Gasteiger charge is -2.36. The molecule has 7 heteroatoms. The summed E-state index contributed by atoms with van der Waals surface area (Å²) >= 11 is 1.77. The van der Waals surface area contributed by atoms with Crippen molar-refractivity contribution in [2.45, 2.75) is 36.6 Å². The quantitative estimate of drug-likeness (QED) is 0.917. The topological polar surface area (TPSA) is 49.4 Å². The highest BCUT2D eigenvalue weighted by Gasteiger charge is 2.36. The number of benzene rings is 1. The standard InChI is InChI=1S/C14H21FN2O2S2/c1-10-11(2)20-7-6-17(10)21(18,19)14-8-13(15)5-4-12(14)9-16-3/h4-5,8,10-11,16H,6-7,9H2,1-3H3. The first-order chi connectivity index (χ1) is 9.87. The van der Waals surface area contributed by atoms with Gasteiger partial charge in [0.1, 0.15) is 5.82 Å². The maximum Gasteiger partial charge on any atom is 0.243 e. The van der Waals surface area contributed by atoms with E-state index >= 15 is 0 Å². The number of rotatable bonds is 4. The van der Waals surface area contributed by atoms with E-state index in [4.69, 9.17) is 0 Å². The number of hydrogen-bond donors (Lipinski definition) is 1. The molecule has 0 amide bonds. The maximum atomic E-state index is 13.6. The number of halogens is 1. The molecule has 1 saturated heterocycles. The SMILES string of the molecule is CNCc1ccc(F)cc1S(=O)(=O)N1CCSC(C)C1C. The first-order valence-electron chi connectivity index (χ1n) is 6.94. The van der Waals surface area contributed by atoms with Gasteiger partial charge in [0.2, 0.25) is 10.0 Å². The molecule has 2 rings (SSSR count). The Labute approximate surface area is 130 Å². The summed E-state index contributed by atoms with van der Waals surface area (Å²) in [5.41, 5.74) is 0.594. The fraction of sp³-hybridized carbons (Fsp3) is 0.571. The number of hydrogen-bond acceptors (Lipinski definition) is 4. The highest BCUT2D eigenvalue weighted by atomic mass is 32.2. The molecular weight excluding hydrogens is 311 g/mol. The van der Waals surface area contributed by atoms with Crippen LogP contribution in [0.25, 0.3) is 0 Å². The van der Waals surface area contributed by atoms with Crippen molar-refractivity contribution in [3.63, 3.8) is 0 Å². The predicted octanol–water partition coefficient (Wildman–Crippen LogP) is 2.06. The Balaban J connectivity index is 2.45. The molecule has 21 heavy (non-hydrogen) atoms. The molecule has 4 nitrogen and oxygen atoms in total. The summed E-state index contributed by atoms with van der Waals surface area (Å²) < 4.78 is 40.9. The van der Waals surface area contributed by atoms with E-state index in [1.807, 2.05) is 13.8 Å². The van der Waals surface area contributed by atoms with Crippen molar-refractivity contribution < 1.29 is 12.8 Å². The van der Waals surface area contributed by atoms with Gasteiger partial charge in [0.15, 0.2) is 0 Å². The summed E-state index contributed by atoms with van der Waals surface area (Å²) in [6.45, 7) is 4.79. The molecule has 1 aliphatic heterocycles. The van der Waals surface area contributed by atoms with Gasteiger partial charge in [-0.05, 0) is 31.7 Å². The summed E-state index contributed by atoms with van der Waals surface area (Å²) in [7, 11) is -1.94. The van der Waals surface area contributed by atoms with Crippen LogP contribution in [0.4, 0.5) is 4.39 Å². The van der Waals surface area contributed by atoms with Crippen LogP contribution in [-0.2, 0) is 16.6 Å². The molecule has 0 spiro atoms. The minimum atomic E-state index is -3.68. The molecule has 1 aromatic carbocycles. The predicted molar refractivity (Wildman–Crippen MR) is 84.4 cm³/mol. The normalized spacial score (nSPS) is 24.2. The minimum Gasteiger partial charge on any atom is -0.316 e. The molecule has 0 saturated carbocycles. The molecule has 1 heterocycles. The van der Waals surface area contributed by atoms with E-state index in [0.29, 0.717) is 18.7 Å². The van der Waals surface area contributed by atoms with Gasteiger partial charge in [0.05, 0.1) is 4.90 Å². The fourth-order valence-electron chi connectivity index (χ4n) is 2.48. The van der Waals surface area contributed by atoms with Gasteiger partial charge in [0, 0.05) is 30.1 Å². The third-order valence-corrected chi connectivity index (χ3v) is 7.22. The molecule has 1 N–H and O–H groups in total. The zero-order valence-corrected chi connectivity index (χ0v) is 14.1. The van der Waals surface area contributed by atoms with Crippen molar-refractivity contribution in [1.82, 2.24) is 9.62 Å². The summed E-state index contributed by atoms with van der Waals surface area (Å²) in [4.78, 5) is 0.0720. The monoisotopic (exact) mass is 332 g/mol. The second-order valence-electron chi connectivity index (χ2n) is 5.21. The van der Waals surface area contributed by atoms with Gasteiger partial charge in [-0.15, -0.1) is 0 Å². The molecular formula is C14H21FN2O2S2. The van der Waals surface area contributed by atoms with E-state index in [1.54, 1.807) is 18.8 Å². The van der Waals surface area contributed by atoms with Gasteiger partial charge in [-0.3, -0.25) is 0 Å². The highest BCUT2D eigenvalue weighted by Crippen LogP contribution is 2.30. The van der Waals surface area contributed by atoms with Crippen LogP contribution >= 0.6 is 11.8 Å². The summed E-state index contributed by atoms with van der Waals surface area (Å²) in [5, 5.41) is 3.16. The van der Waals surface area contributed by atoms with E-state index in [1.165, 1.54) is 16.4 Å².